The van der Waals surface area contributed by atoms with E-state index >= 15 is 0 Å². The van der Waals surface area contributed by atoms with E-state index < -0.39 is 23.0 Å². The summed E-state index contributed by atoms with van der Waals surface area (Å²) in [6.45, 7) is 6.08. The van der Waals surface area contributed by atoms with E-state index in [1.54, 1.807) is 0 Å². The van der Waals surface area contributed by atoms with Crippen molar-refractivity contribution in [2.75, 3.05) is 13.1 Å². The molecular weight excluding hydrogens is 468 g/mol. The monoisotopic (exact) mass is 504 g/mol. The van der Waals surface area contributed by atoms with Crippen LogP contribution in [0.4, 0.5) is 17.6 Å². The second-order valence-corrected chi connectivity index (χ2v) is 11.0. The summed E-state index contributed by atoms with van der Waals surface area (Å²) in [4.78, 5) is 16.0. The van der Waals surface area contributed by atoms with Gasteiger partial charge in [0.05, 0.1) is 11.0 Å². The van der Waals surface area contributed by atoms with Gasteiger partial charge in [0.25, 0.3) is 0 Å². The number of halogens is 4. The third-order valence-corrected chi connectivity index (χ3v) is 7.92. The molecule has 4 rings (SSSR count). The molecule has 2 fully saturated rings. The molecule has 1 aliphatic carbocycles. The van der Waals surface area contributed by atoms with Crippen molar-refractivity contribution in [3.63, 3.8) is 0 Å². The minimum absolute atomic E-state index is 0.118. The van der Waals surface area contributed by atoms with Crippen LogP contribution >= 0.6 is 0 Å². The van der Waals surface area contributed by atoms with Crippen LogP contribution in [0.1, 0.15) is 75.0 Å². The van der Waals surface area contributed by atoms with Gasteiger partial charge < -0.3 is 10.2 Å². The molecule has 1 aliphatic heterocycles. The number of rotatable bonds is 7. The molecule has 2 aliphatic rings. The number of carbonyl (C=O) groups is 1. The highest BCUT2D eigenvalue weighted by Gasteiger charge is 2.47. The molecule has 1 saturated carbocycles. The first-order chi connectivity index (χ1) is 17.1. The maximum atomic E-state index is 13.8. The van der Waals surface area contributed by atoms with Gasteiger partial charge in [-0.1, -0.05) is 44.2 Å². The van der Waals surface area contributed by atoms with Crippen LogP contribution in [-0.4, -0.2) is 29.9 Å². The predicted octanol–water partition coefficient (Wildman–Crippen LogP) is 6.93. The Hall–Kier alpha value is -2.41. The average Bonchev–Trinajstić information content (AvgIpc) is 3.27. The lowest BCUT2D eigenvalue weighted by molar-refractivity contribution is -0.137. The zero-order chi connectivity index (χ0) is 25.9. The predicted molar refractivity (Wildman–Crippen MR) is 133 cm³/mol. The summed E-state index contributed by atoms with van der Waals surface area (Å²) < 4.78 is 53.0. The van der Waals surface area contributed by atoms with Crippen LogP contribution in [0.15, 0.2) is 48.5 Å². The number of alkyl halides is 3. The van der Waals surface area contributed by atoms with Gasteiger partial charge in [0.1, 0.15) is 5.82 Å². The maximum Gasteiger partial charge on any atom is 0.416 e. The van der Waals surface area contributed by atoms with Crippen molar-refractivity contribution in [2.45, 2.75) is 77.1 Å². The first kappa shape index (κ1) is 26.6. The van der Waals surface area contributed by atoms with E-state index in [9.17, 15) is 22.4 Å². The molecule has 3 nitrogen and oxygen atoms in total. The molecule has 0 radical (unpaired) electrons. The van der Waals surface area contributed by atoms with Crippen molar-refractivity contribution in [3.05, 3.63) is 71.0 Å². The van der Waals surface area contributed by atoms with Gasteiger partial charge in [0, 0.05) is 12.6 Å². The summed E-state index contributed by atoms with van der Waals surface area (Å²) in [5.41, 5.74) is -0.0746. The number of piperidine rings is 1. The Kier molecular flexibility index (Phi) is 8.08. The molecule has 36 heavy (non-hydrogen) atoms. The van der Waals surface area contributed by atoms with E-state index in [1.165, 1.54) is 5.56 Å². The zero-order valence-corrected chi connectivity index (χ0v) is 21.1. The summed E-state index contributed by atoms with van der Waals surface area (Å²) in [5.74, 6) is -0.203. The Morgan fingerprint density at radius 1 is 1.08 bits per heavy atom. The van der Waals surface area contributed by atoms with E-state index in [0.717, 1.165) is 63.7 Å². The normalized spacial score (nSPS) is 23.8. The first-order valence-electron chi connectivity index (χ1n) is 13.0. The van der Waals surface area contributed by atoms with E-state index in [0.29, 0.717) is 23.9 Å². The standard InChI is InChI=1S/C29H36F4N2O/c1-20(2)17-28(27(36)34-19-21-14-24(29(31,32)33)16-25(30)15-21)11-8-26(18-28)35-12-9-23(10-13-35)22-6-4-3-5-7-22/h3-7,14-16,20,23,26H,8-13,17-19H2,1-2H3,(H,34,36). The molecule has 1 N–H and O–H groups in total. The van der Waals surface area contributed by atoms with Crippen LogP contribution in [0.2, 0.25) is 0 Å². The van der Waals surface area contributed by atoms with Gasteiger partial charge in [-0.25, -0.2) is 4.39 Å². The molecule has 196 valence electrons. The molecule has 7 heteroatoms. The molecule has 2 aromatic rings. The minimum atomic E-state index is -4.63. The molecule has 2 atom stereocenters. The summed E-state index contributed by atoms with van der Waals surface area (Å²) in [5, 5.41) is 2.85. The lowest BCUT2D eigenvalue weighted by Crippen LogP contribution is -2.44. The van der Waals surface area contributed by atoms with Crippen molar-refractivity contribution >= 4 is 5.91 Å². The van der Waals surface area contributed by atoms with E-state index in [-0.39, 0.29) is 18.0 Å². The Labute approximate surface area is 211 Å². The molecule has 1 heterocycles. The van der Waals surface area contributed by atoms with Crippen molar-refractivity contribution in [1.82, 2.24) is 10.2 Å². The van der Waals surface area contributed by atoms with Crippen molar-refractivity contribution < 1.29 is 22.4 Å². The largest absolute Gasteiger partial charge is 0.416 e. The van der Waals surface area contributed by atoms with Crippen LogP contribution in [0, 0.1) is 17.2 Å². The molecule has 0 spiro atoms. The van der Waals surface area contributed by atoms with Gasteiger partial charge in [-0.05, 0) is 92.8 Å². The number of hydrogen-bond donors (Lipinski definition) is 1. The molecular formula is C29H36F4N2O. The number of hydrogen-bond acceptors (Lipinski definition) is 2. The molecule has 1 saturated heterocycles. The van der Waals surface area contributed by atoms with Crippen molar-refractivity contribution in [3.8, 4) is 0 Å². The van der Waals surface area contributed by atoms with Gasteiger partial charge in [-0.3, -0.25) is 4.79 Å². The third-order valence-electron chi connectivity index (χ3n) is 7.92. The molecule has 2 aromatic carbocycles. The van der Waals surface area contributed by atoms with Gasteiger partial charge in [-0.2, -0.15) is 13.2 Å². The van der Waals surface area contributed by atoms with E-state index in [1.807, 2.05) is 6.07 Å². The number of nitrogens with zero attached hydrogens (tertiary/aromatic N) is 1. The second-order valence-electron chi connectivity index (χ2n) is 11.0. The van der Waals surface area contributed by atoms with Gasteiger partial charge in [-0.15, -0.1) is 0 Å². The first-order valence-corrected chi connectivity index (χ1v) is 13.0. The fourth-order valence-electron chi connectivity index (χ4n) is 6.28. The van der Waals surface area contributed by atoms with Crippen LogP contribution in [0.3, 0.4) is 0 Å². The van der Waals surface area contributed by atoms with E-state index in [4.69, 9.17) is 0 Å². The molecule has 1 amide bonds. The lowest BCUT2D eigenvalue weighted by Gasteiger charge is -2.37. The summed E-state index contributed by atoms with van der Waals surface area (Å²) in [7, 11) is 0. The van der Waals surface area contributed by atoms with Gasteiger partial charge in [0.2, 0.25) is 5.91 Å². The quantitative estimate of drug-likeness (QED) is 0.415. The van der Waals surface area contributed by atoms with Crippen LogP contribution in [0.5, 0.6) is 0 Å². The van der Waals surface area contributed by atoms with Crippen LogP contribution in [0.25, 0.3) is 0 Å². The summed E-state index contributed by atoms with van der Waals surface area (Å²) in [6, 6.07) is 13.4. The van der Waals surface area contributed by atoms with Crippen molar-refractivity contribution in [1.29, 1.82) is 0 Å². The molecule has 2 unspecified atom stereocenters. The highest BCUT2D eigenvalue weighted by atomic mass is 19.4. The van der Waals surface area contributed by atoms with Gasteiger partial charge in [0.15, 0.2) is 0 Å². The highest BCUT2D eigenvalue weighted by Crippen LogP contribution is 2.46. The SMILES string of the molecule is CC(C)CC1(C(=O)NCc2cc(F)cc(C(F)(F)F)c2)CCC(N2CCC(c3ccccc3)CC2)C1. The Balaban J connectivity index is 1.39. The zero-order valence-electron chi connectivity index (χ0n) is 21.1. The van der Waals surface area contributed by atoms with Crippen LogP contribution < -0.4 is 5.32 Å². The highest BCUT2D eigenvalue weighted by molar-refractivity contribution is 5.83. The summed E-state index contributed by atoms with van der Waals surface area (Å²) >= 11 is 0. The smallest absolute Gasteiger partial charge is 0.352 e. The number of benzene rings is 2. The second kappa shape index (κ2) is 10.9. The van der Waals surface area contributed by atoms with E-state index in [2.05, 4.69) is 48.3 Å². The fourth-order valence-corrected chi connectivity index (χ4v) is 6.28. The maximum absolute atomic E-state index is 13.8. The number of likely N-dealkylation sites (tertiary alicyclic amines) is 1. The third kappa shape index (κ3) is 6.28. The lowest BCUT2D eigenvalue weighted by atomic mass is 9.77. The van der Waals surface area contributed by atoms with Crippen LogP contribution in [-0.2, 0) is 17.5 Å². The number of nitrogens with one attached hydrogen (secondary N) is 1. The molecule has 0 aromatic heterocycles. The Morgan fingerprint density at radius 2 is 1.78 bits per heavy atom. The average molecular weight is 505 g/mol. The van der Waals surface area contributed by atoms with Gasteiger partial charge >= 0.3 is 6.18 Å². The van der Waals surface area contributed by atoms with Crippen molar-refractivity contribution in [2.24, 2.45) is 11.3 Å². The molecule has 0 bridgehead atoms. The topological polar surface area (TPSA) is 32.3 Å². The Bertz CT molecular complexity index is 1030. The Morgan fingerprint density at radius 3 is 2.42 bits per heavy atom. The fraction of sp³-hybridized carbons (Fsp3) is 0.552. The summed E-state index contributed by atoms with van der Waals surface area (Å²) in [6.07, 6.45) is 0.755. The minimum Gasteiger partial charge on any atom is -0.352 e. The number of carbonyl (C=O) groups excluding carboxylic acids is 1. The number of amides is 1.